The molecule has 1 aromatic carbocycles. The molecule has 11 nitrogen and oxygen atoms in total. The first-order valence-corrected chi connectivity index (χ1v) is 13.0. The number of rotatable bonds is 7. The molecule has 3 aromatic heterocycles. The first-order valence-electron chi connectivity index (χ1n) is 13.0. The molecule has 4 aromatic rings. The van der Waals surface area contributed by atoms with Crippen LogP contribution in [0.4, 0.5) is 11.6 Å². The number of carbonyl (C=O) groups excluding carboxylic acids is 1. The van der Waals surface area contributed by atoms with Gasteiger partial charge in [0.1, 0.15) is 18.1 Å². The Morgan fingerprint density at radius 3 is 2.79 bits per heavy atom. The van der Waals surface area contributed by atoms with Crippen LogP contribution >= 0.6 is 0 Å². The van der Waals surface area contributed by atoms with Crippen molar-refractivity contribution in [3.05, 3.63) is 84.0 Å². The average Bonchev–Trinajstić information content (AvgIpc) is 3.58. The van der Waals surface area contributed by atoms with E-state index < -0.39 is 0 Å². The van der Waals surface area contributed by atoms with Crippen molar-refractivity contribution >= 4 is 34.1 Å². The lowest BCUT2D eigenvalue weighted by atomic mass is 10.2. The summed E-state index contributed by atoms with van der Waals surface area (Å²) in [5.74, 6) is 1.28. The normalized spacial score (nSPS) is 16.0. The lowest BCUT2D eigenvalue weighted by molar-refractivity contribution is 0.0659. The summed E-state index contributed by atoms with van der Waals surface area (Å²) >= 11 is 0. The Bertz CT molecular complexity index is 1560. The zero-order valence-electron chi connectivity index (χ0n) is 22.0. The number of H-pyrrole nitrogens is 1. The van der Waals surface area contributed by atoms with Gasteiger partial charge in [-0.1, -0.05) is 0 Å². The summed E-state index contributed by atoms with van der Waals surface area (Å²) in [6.07, 6.45) is 9.34. The van der Waals surface area contributed by atoms with Crippen LogP contribution in [0.1, 0.15) is 21.9 Å². The predicted molar refractivity (Wildman–Crippen MR) is 149 cm³/mol. The van der Waals surface area contributed by atoms with Gasteiger partial charge in [-0.05, 0) is 43.5 Å². The number of imidazole rings is 1. The highest BCUT2D eigenvalue weighted by molar-refractivity contribution is 5.98. The van der Waals surface area contributed by atoms with Gasteiger partial charge in [-0.2, -0.15) is 0 Å². The molecule has 1 amide bonds. The number of nitrogens with zero attached hydrogens (tertiary/aromatic N) is 6. The fourth-order valence-electron chi connectivity index (χ4n) is 4.68. The summed E-state index contributed by atoms with van der Waals surface area (Å²) in [7, 11) is 4.01. The molecule has 6 rings (SSSR count). The summed E-state index contributed by atoms with van der Waals surface area (Å²) in [5, 5.41) is 7.59. The summed E-state index contributed by atoms with van der Waals surface area (Å²) in [6.45, 7) is 4.30. The molecule has 0 atom stereocenters. The zero-order chi connectivity index (χ0) is 26.8. The van der Waals surface area contributed by atoms with Crippen molar-refractivity contribution < 1.29 is 9.53 Å². The van der Waals surface area contributed by atoms with E-state index in [1.165, 1.54) is 0 Å². The quantitative estimate of drug-likeness (QED) is 0.337. The molecule has 1 fully saturated rings. The molecule has 200 valence electrons. The number of fused-ring (bicyclic) bond motifs is 1. The Morgan fingerprint density at radius 2 is 1.97 bits per heavy atom. The number of aromatic nitrogens is 5. The van der Waals surface area contributed by atoms with Crippen LogP contribution in [-0.2, 0) is 18.4 Å². The number of ether oxygens (including phenoxy) is 1. The maximum Gasteiger partial charge on any atom is 0.270 e. The first kappa shape index (κ1) is 24.7. The van der Waals surface area contributed by atoms with Gasteiger partial charge in [0.2, 0.25) is 5.95 Å². The smallest absolute Gasteiger partial charge is 0.270 e. The van der Waals surface area contributed by atoms with E-state index in [2.05, 4.69) is 37.5 Å². The number of allylic oxidation sites excluding steroid dienone is 1. The number of hydrogen-bond donors (Lipinski definition) is 3. The van der Waals surface area contributed by atoms with E-state index in [9.17, 15) is 4.79 Å². The number of piperazine rings is 1. The Kier molecular flexibility index (Phi) is 6.72. The minimum Gasteiger partial charge on any atom is -0.487 e. The van der Waals surface area contributed by atoms with Crippen molar-refractivity contribution in [2.75, 3.05) is 45.1 Å². The average molecular weight is 526 g/mol. The van der Waals surface area contributed by atoms with E-state index in [-0.39, 0.29) is 5.91 Å². The van der Waals surface area contributed by atoms with Crippen LogP contribution in [0.15, 0.2) is 67.0 Å². The molecule has 11 heteroatoms. The molecule has 0 aliphatic carbocycles. The number of anilines is 2. The number of likely N-dealkylation sites (N-methyl/N-ethyl adjacent to an activating group) is 1. The number of dihydropyridines is 1. The fourth-order valence-corrected chi connectivity index (χ4v) is 4.68. The number of carbonyl (C=O) groups is 1. The number of aryl methyl sites for hydroxylation is 1. The molecule has 1 saturated heterocycles. The molecule has 2 aliphatic rings. The van der Waals surface area contributed by atoms with Gasteiger partial charge in [0.05, 0.1) is 23.4 Å². The molecule has 5 heterocycles. The third kappa shape index (κ3) is 5.63. The number of nitrogens with one attached hydrogen (secondary N) is 3. The van der Waals surface area contributed by atoms with Gasteiger partial charge < -0.3 is 34.7 Å². The lowest BCUT2D eigenvalue weighted by Gasteiger charge is -2.32. The topological polar surface area (TPSA) is 116 Å². The van der Waals surface area contributed by atoms with Crippen LogP contribution in [0.2, 0.25) is 0 Å². The molecule has 2 aliphatic heterocycles. The standard InChI is InChI=1S/C28H31N9O2/c1-35-9-11-37(12-10-35)27(38)26-14-19-13-20(3-4-23(19)33-26)32-28-30-8-6-24(34-28)25-15-22(5-7-29-25)39-17-21-16-36(2)18-31-21/h3-6,8,13-16,18,29,33H,7,9-12,17H2,1-2H3,(H,30,32,34). The minimum atomic E-state index is 0.0375. The molecular weight excluding hydrogens is 494 g/mol. The number of hydrogen-bond acceptors (Lipinski definition) is 8. The first-order chi connectivity index (χ1) is 19.0. The molecule has 0 unspecified atom stereocenters. The summed E-state index contributed by atoms with van der Waals surface area (Å²) in [5.41, 5.74) is 4.83. The Morgan fingerprint density at radius 1 is 1.10 bits per heavy atom. The van der Waals surface area contributed by atoms with Crippen molar-refractivity contribution in [1.29, 1.82) is 0 Å². The fraction of sp³-hybridized carbons (Fsp3) is 0.286. The van der Waals surface area contributed by atoms with Crippen molar-refractivity contribution in [1.82, 2.24) is 39.6 Å². The number of benzene rings is 1. The molecule has 0 radical (unpaired) electrons. The van der Waals surface area contributed by atoms with Crippen LogP contribution < -0.4 is 10.6 Å². The molecule has 3 N–H and O–H groups in total. The van der Waals surface area contributed by atoms with E-state index in [1.54, 1.807) is 12.5 Å². The zero-order valence-corrected chi connectivity index (χ0v) is 22.0. The second-order valence-corrected chi connectivity index (χ2v) is 9.84. The maximum absolute atomic E-state index is 13.0. The molecular formula is C28H31N9O2. The van der Waals surface area contributed by atoms with Gasteiger partial charge in [-0.15, -0.1) is 0 Å². The second-order valence-electron chi connectivity index (χ2n) is 9.84. The van der Waals surface area contributed by atoms with Gasteiger partial charge in [0, 0.05) is 74.8 Å². The van der Waals surface area contributed by atoms with Gasteiger partial charge >= 0.3 is 0 Å². The highest BCUT2D eigenvalue weighted by Gasteiger charge is 2.22. The van der Waals surface area contributed by atoms with Crippen LogP contribution in [-0.4, -0.2) is 80.0 Å². The van der Waals surface area contributed by atoms with E-state index in [0.717, 1.165) is 65.6 Å². The second kappa shape index (κ2) is 10.6. The van der Waals surface area contributed by atoms with E-state index in [0.29, 0.717) is 24.8 Å². The minimum absolute atomic E-state index is 0.0375. The van der Waals surface area contributed by atoms with Crippen LogP contribution in [0.3, 0.4) is 0 Å². The van der Waals surface area contributed by atoms with Gasteiger partial charge in [0.15, 0.2) is 0 Å². The third-order valence-electron chi connectivity index (χ3n) is 6.86. The van der Waals surface area contributed by atoms with Crippen LogP contribution in [0.25, 0.3) is 16.6 Å². The van der Waals surface area contributed by atoms with Crippen LogP contribution in [0.5, 0.6) is 0 Å². The van der Waals surface area contributed by atoms with E-state index >= 15 is 0 Å². The Labute approximate surface area is 226 Å². The van der Waals surface area contributed by atoms with Crippen molar-refractivity contribution in [2.45, 2.75) is 6.61 Å². The Hall–Kier alpha value is -4.64. The van der Waals surface area contributed by atoms with Crippen LogP contribution in [0, 0.1) is 0 Å². The number of aromatic amines is 1. The Balaban J connectivity index is 1.14. The largest absolute Gasteiger partial charge is 0.487 e. The van der Waals surface area contributed by atoms with E-state index in [4.69, 9.17) is 9.72 Å². The van der Waals surface area contributed by atoms with Crippen molar-refractivity contribution in [3.63, 3.8) is 0 Å². The van der Waals surface area contributed by atoms with Crippen molar-refractivity contribution in [2.24, 2.45) is 7.05 Å². The van der Waals surface area contributed by atoms with E-state index in [1.807, 2.05) is 65.2 Å². The molecule has 39 heavy (non-hydrogen) atoms. The van der Waals surface area contributed by atoms with Crippen molar-refractivity contribution in [3.8, 4) is 0 Å². The number of amides is 1. The van der Waals surface area contributed by atoms with Gasteiger partial charge in [-0.25, -0.2) is 15.0 Å². The van der Waals surface area contributed by atoms with Gasteiger partial charge in [-0.3, -0.25) is 4.79 Å². The summed E-state index contributed by atoms with van der Waals surface area (Å²) in [4.78, 5) is 33.8. The van der Waals surface area contributed by atoms with Gasteiger partial charge in [0.25, 0.3) is 5.91 Å². The molecule has 0 saturated carbocycles. The SMILES string of the molecule is CN1CCN(C(=O)c2cc3cc(Nc4nccc(C5=CC(OCc6cn(C)cn6)=CCN5)n4)ccc3[nH]2)CC1. The summed E-state index contributed by atoms with van der Waals surface area (Å²) in [6, 6.07) is 9.67. The lowest BCUT2D eigenvalue weighted by Crippen LogP contribution is -2.47. The summed E-state index contributed by atoms with van der Waals surface area (Å²) < 4.78 is 7.84. The maximum atomic E-state index is 13.0. The highest BCUT2D eigenvalue weighted by Crippen LogP contribution is 2.24. The highest BCUT2D eigenvalue weighted by atomic mass is 16.5. The predicted octanol–water partition coefficient (Wildman–Crippen LogP) is 2.87. The molecule has 0 bridgehead atoms. The third-order valence-corrected chi connectivity index (χ3v) is 6.86. The molecule has 0 spiro atoms. The monoisotopic (exact) mass is 525 g/mol.